The molecule has 1 amide bonds. The molecule has 0 aliphatic rings. The summed E-state index contributed by atoms with van der Waals surface area (Å²) in [7, 11) is 0. The van der Waals surface area contributed by atoms with E-state index in [-0.39, 0.29) is 24.9 Å². The van der Waals surface area contributed by atoms with Crippen LogP contribution < -0.4 is 5.32 Å². The fourth-order valence-corrected chi connectivity index (χ4v) is 9.31. The van der Waals surface area contributed by atoms with Crippen LogP contribution in [0.2, 0.25) is 0 Å². The van der Waals surface area contributed by atoms with E-state index in [1.54, 1.807) is 0 Å². The molecule has 0 aromatic carbocycles. The number of aliphatic hydroxyl groups is 2. The highest BCUT2D eigenvalue weighted by atomic mass is 16.5. The second-order valence-corrected chi connectivity index (χ2v) is 20.4. The summed E-state index contributed by atoms with van der Waals surface area (Å²) < 4.78 is 5.96. The van der Waals surface area contributed by atoms with Crippen LogP contribution in [0.4, 0.5) is 0 Å². The number of nitrogens with one attached hydrogen (secondary N) is 1. The van der Waals surface area contributed by atoms with Gasteiger partial charge in [-0.1, -0.05) is 283 Å². The van der Waals surface area contributed by atoms with Crippen molar-refractivity contribution in [1.29, 1.82) is 0 Å². The number of rotatable bonds is 54. The first kappa shape index (κ1) is 64.3. The molecule has 0 aliphatic heterocycles. The molecule has 6 heteroatoms. The molecule has 0 aliphatic carbocycles. The van der Waals surface area contributed by atoms with Gasteiger partial charge in [-0.25, -0.2) is 0 Å². The van der Waals surface area contributed by atoms with E-state index in [0.717, 1.165) is 64.2 Å². The van der Waals surface area contributed by atoms with Crippen molar-refractivity contribution in [1.82, 2.24) is 5.32 Å². The van der Waals surface area contributed by atoms with Crippen LogP contribution in [0, 0.1) is 0 Å². The second kappa shape index (κ2) is 54.3. The molecular weight excluding hydrogens is 815 g/mol. The van der Waals surface area contributed by atoms with Gasteiger partial charge in [-0.2, -0.15) is 0 Å². The molecule has 0 saturated heterocycles. The summed E-state index contributed by atoms with van der Waals surface area (Å²) in [4.78, 5) is 26.3. The largest absolute Gasteiger partial charge is 0.462 e. The van der Waals surface area contributed by atoms with Gasteiger partial charge < -0.3 is 20.3 Å². The summed E-state index contributed by atoms with van der Waals surface area (Å²) in [5.74, 6) is -0.479. The number of ether oxygens (including phenoxy) is 1. The smallest absolute Gasteiger partial charge is 0.306 e. The predicted octanol–water partition coefficient (Wildman–Crippen LogP) is 18.2. The molecule has 3 N–H and O–H groups in total. The van der Waals surface area contributed by atoms with E-state index in [1.807, 2.05) is 0 Å². The van der Waals surface area contributed by atoms with Gasteiger partial charge in [0.1, 0.15) is 6.10 Å². The van der Waals surface area contributed by atoms with Gasteiger partial charge in [0.05, 0.1) is 25.2 Å². The first-order valence-corrected chi connectivity index (χ1v) is 29.6. The van der Waals surface area contributed by atoms with Crippen molar-refractivity contribution in [2.75, 3.05) is 6.61 Å². The topological polar surface area (TPSA) is 95.9 Å². The molecule has 0 aromatic heterocycles. The number of hydrogen-bond acceptors (Lipinski definition) is 5. The number of hydrogen-bond donors (Lipinski definition) is 3. The van der Waals surface area contributed by atoms with Crippen LogP contribution >= 0.6 is 0 Å². The molecule has 0 heterocycles. The maximum absolute atomic E-state index is 13.3. The zero-order valence-electron chi connectivity index (χ0n) is 44.6. The molecule has 0 spiro atoms. The Morgan fingerprint density at radius 2 is 0.758 bits per heavy atom. The van der Waals surface area contributed by atoms with E-state index in [9.17, 15) is 19.8 Å². The first-order valence-electron chi connectivity index (χ1n) is 29.6. The molecule has 0 radical (unpaired) electrons. The Morgan fingerprint density at radius 3 is 1.14 bits per heavy atom. The van der Waals surface area contributed by atoms with Crippen molar-refractivity contribution in [2.45, 2.75) is 341 Å². The van der Waals surface area contributed by atoms with E-state index in [0.29, 0.717) is 19.3 Å². The molecule has 0 saturated carbocycles. The molecule has 0 aromatic rings. The highest BCUT2D eigenvalue weighted by molar-refractivity contribution is 5.77. The third-order valence-electron chi connectivity index (χ3n) is 13.8. The normalized spacial score (nSPS) is 13.2. The average Bonchev–Trinajstić information content (AvgIpc) is 3.31. The van der Waals surface area contributed by atoms with Crippen LogP contribution in [-0.4, -0.2) is 46.9 Å². The third-order valence-corrected chi connectivity index (χ3v) is 13.8. The van der Waals surface area contributed by atoms with Crippen LogP contribution in [0.3, 0.4) is 0 Å². The summed E-state index contributed by atoms with van der Waals surface area (Å²) in [6.07, 6.45) is 63.9. The molecule has 0 rings (SSSR count). The lowest BCUT2D eigenvalue weighted by Gasteiger charge is -2.24. The number of amides is 1. The predicted molar refractivity (Wildman–Crippen MR) is 287 cm³/mol. The van der Waals surface area contributed by atoms with Crippen molar-refractivity contribution < 1.29 is 24.5 Å². The number of unbranched alkanes of at least 4 members (excludes halogenated alkanes) is 39. The summed E-state index contributed by atoms with van der Waals surface area (Å²) in [5, 5.41) is 23.9. The molecular formula is C60H115NO5. The van der Waals surface area contributed by atoms with E-state index in [2.05, 4.69) is 50.4 Å². The summed E-state index contributed by atoms with van der Waals surface area (Å²) in [6.45, 7) is 6.51. The Hall–Kier alpha value is -1.66. The third kappa shape index (κ3) is 48.8. The van der Waals surface area contributed by atoms with E-state index in [1.165, 1.54) is 212 Å². The minimum absolute atomic E-state index is 0.0657. The summed E-state index contributed by atoms with van der Waals surface area (Å²) in [6, 6.07) is -0.706. The van der Waals surface area contributed by atoms with Gasteiger partial charge in [-0.15, -0.1) is 0 Å². The van der Waals surface area contributed by atoms with Gasteiger partial charge in [-0.3, -0.25) is 9.59 Å². The quantitative estimate of drug-likeness (QED) is 0.0321. The zero-order chi connectivity index (χ0) is 48.1. The lowest BCUT2D eigenvalue weighted by Crippen LogP contribution is -2.46. The maximum atomic E-state index is 13.3. The van der Waals surface area contributed by atoms with Gasteiger partial charge in [0.15, 0.2) is 0 Å². The monoisotopic (exact) mass is 930 g/mol. The molecule has 0 bridgehead atoms. The molecule has 3 atom stereocenters. The SMILES string of the molecule is CCCCCCCCC/C=C/C=C/CCCCCC(CC(=O)NC(CO)C(O)CCCCCCCCCCCCCCC)OC(=O)CCCCCCCCCCCCCCCCCCCC. The fourth-order valence-electron chi connectivity index (χ4n) is 9.31. The van der Waals surface area contributed by atoms with Crippen molar-refractivity contribution in [3.63, 3.8) is 0 Å². The van der Waals surface area contributed by atoms with Gasteiger partial charge in [0.25, 0.3) is 0 Å². The molecule has 0 fully saturated rings. The highest BCUT2D eigenvalue weighted by Crippen LogP contribution is 2.19. The Balaban J connectivity index is 4.55. The zero-order valence-corrected chi connectivity index (χ0v) is 44.6. The van der Waals surface area contributed by atoms with Crippen molar-refractivity contribution >= 4 is 11.9 Å². The Labute approximate surface area is 411 Å². The minimum Gasteiger partial charge on any atom is -0.462 e. The fraction of sp³-hybridized carbons (Fsp3) is 0.900. The first-order chi connectivity index (χ1) is 32.5. The highest BCUT2D eigenvalue weighted by Gasteiger charge is 2.24. The Bertz CT molecular complexity index is 1040. The summed E-state index contributed by atoms with van der Waals surface area (Å²) in [5.41, 5.74) is 0. The number of carbonyl (C=O) groups is 2. The Kier molecular flexibility index (Phi) is 52.9. The molecule has 3 unspecified atom stereocenters. The van der Waals surface area contributed by atoms with Crippen molar-refractivity contribution in [2.24, 2.45) is 0 Å². The van der Waals surface area contributed by atoms with Crippen LogP contribution in [0.25, 0.3) is 0 Å². The maximum Gasteiger partial charge on any atom is 0.306 e. The lowest BCUT2D eigenvalue weighted by molar-refractivity contribution is -0.151. The molecule has 66 heavy (non-hydrogen) atoms. The lowest BCUT2D eigenvalue weighted by atomic mass is 10.0. The molecule has 6 nitrogen and oxygen atoms in total. The van der Waals surface area contributed by atoms with E-state index in [4.69, 9.17) is 4.74 Å². The summed E-state index contributed by atoms with van der Waals surface area (Å²) >= 11 is 0. The van der Waals surface area contributed by atoms with E-state index < -0.39 is 18.2 Å². The van der Waals surface area contributed by atoms with Gasteiger partial charge in [-0.05, 0) is 51.4 Å². The number of esters is 1. The van der Waals surface area contributed by atoms with Crippen LogP contribution in [0.1, 0.15) is 323 Å². The van der Waals surface area contributed by atoms with E-state index >= 15 is 0 Å². The van der Waals surface area contributed by atoms with Crippen LogP contribution in [0.15, 0.2) is 24.3 Å². The number of aliphatic hydroxyl groups excluding tert-OH is 2. The Morgan fingerprint density at radius 1 is 0.439 bits per heavy atom. The average molecular weight is 931 g/mol. The van der Waals surface area contributed by atoms with Crippen LogP contribution in [0.5, 0.6) is 0 Å². The minimum atomic E-state index is -0.791. The van der Waals surface area contributed by atoms with Gasteiger partial charge in [0.2, 0.25) is 5.91 Å². The van der Waals surface area contributed by atoms with Crippen molar-refractivity contribution in [3.8, 4) is 0 Å². The molecule has 390 valence electrons. The number of allylic oxidation sites excluding steroid dienone is 4. The standard InChI is InChI=1S/C60H115NO5/c1-4-7-10-13-16-19-22-25-27-29-30-32-35-38-41-44-47-50-53-60(65)66-56(51-48-45-42-39-36-34-31-28-26-23-20-17-14-11-8-5-2)54-59(64)61-57(55-62)58(63)52-49-46-43-40-37-33-24-21-18-15-12-9-6-3/h28,31,34,36,56-58,62-63H,4-27,29-30,32-33,35,37-55H2,1-3H3,(H,61,64)/b31-28+,36-34+. The second-order valence-electron chi connectivity index (χ2n) is 20.4. The number of carbonyl (C=O) groups excluding carboxylic acids is 2. The van der Waals surface area contributed by atoms with Crippen molar-refractivity contribution in [3.05, 3.63) is 24.3 Å². The van der Waals surface area contributed by atoms with Gasteiger partial charge in [0, 0.05) is 6.42 Å². The van der Waals surface area contributed by atoms with Gasteiger partial charge >= 0.3 is 5.97 Å². The van der Waals surface area contributed by atoms with Crippen LogP contribution in [-0.2, 0) is 14.3 Å².